The summed E-state index contributed by atoms with van der Waals surface area (Å²) in [5.74, 6) is -2.87. The molecule has 2 aromatic rings. The van der Waals surface area contributed by atoms with E-state index in [2.05, 4.69) is 4.98 Å². The number of nitrogens with zero attached hydrogens (tertiary/aromatic N) is 1. The summed E-state index contributed by atoms with van der Waals surface area (Å²) in [6.45, 7) is 0.949. The summed E-state index contributed by atoms with van der Waals surface area (Å²) in [5.41, 5.74) is -0.602. The average Bonchev–Trinajstić information content (AvgIpc) is 3.09. The molecule has 0 amide bonds. The van der Waals surface area contributed by atoms with Crippen LogP contribution >= 0.6 is 11.3 Å². The highest BCUT2D eigenvalue weighted by atomic mass is 32.1. The highest BCUT2D eigenvalue weighted by Gasteiger charge is 2.22. The van der Waals surface area contributed by atoms with Crippen LogP contribution < -0.4 is 4.74 Å². The lowest BCUT2D eigenvalue weighted by Gasteiger charge is -2.13. The smallest absolute Gasteiger partial charge is 0.355 e. The first-order chi connectivity index (χ1) is 10.5. The van der Waals surface area contributed by atoms with Gasteiger partial charge in [0.15, 0.2) is 5.69 Å². The SMILES string of the molecule is O=C(O)c1csc(-c2c(F)cc(OC3CCOC3)cc2F)n1. The fourth-order valence-electron chi connectivity index (χ4n) is 2.11. The van der Waals surface area contributed by atoms with E-state index in [1.54, 1.807) is 0 Å². The molecule has 22 heavy (non-hydrogen) atoms. The Labute approximate surface area is 128 Å². The lowest BCUT2D eigenvalue weighted by molar-refractivity contribution is 0.0691. The molecule has 116 valence electrons. The molecule has 1 aromatic carbocycles. The van der Waals surface area contributed by atoms with Crippen molar-refractivity contribution in [3.05, 3.63) is 34.8 Å². The van der Waals surface area contributed by atoms with Gasteiger partial charge in [-0.3, -0.25) is 0 Å². The fraction of sp³-hybridized carbons (Fsp3) is 0.286. The minimum Gasteiger partial charge on any atom is -0.488 e. The van der Waals surface area contributed by atoms with Crippen molar-refractivity contribution in [2.45, 2.75) is 12.5 Å². The summed E-state index contributed by atoms with van der Waals surface area (Å²) in [7, 11) is 0. The van der Waals surface area contributed by atoms with Gasteiger partial charge < -0.3 is 14.6 Å². The molecular formula is C14H11F2NO4S. The quantitative estimate of drug-likeness (QED) is 0.935. The maximum atomic E-state index is 14.1. The van der Waals surface area contributed by atoms with Gasteiger partial charge in [0.05, 0.1) is 18.8 Å². The van der Waals surface area contributed by atoms with E-state index in [0.29, 0.717) is 19.6 Å². The van der Waals surface area contributed by atoms with Crippen LogP contribution in [0.15, 0.2) is 17.5 Å². The van der Waals surface area contributed by atoms with E-state index in [1.165, 1.54) is 5.38 Å². The molecule has 1 unspecified atom stereocenters. The van der Waals surface area contributed by atoms with Gasteiger partial charge in [0.2, 0.25) is 0 Å². The average molecular weight is 327 g/mol. The van der Waals surface area contributed by atoms with Gasteiger partial charge in [-0.1, -0.05) is 0 Å². The maximum Gasteiger partial charge on any atom is 0.355 e. The molecule has 1 atom stereocenters. The van der Waals surface area contributed by atoms with Crippen molar-refractivity contribution >= 4 is 17.3 Å². The van der Waals surface area contributed by atoms with Gasteiger partial charge in [-0.25, -0.2) is 18.6 Å². The van der Waals surface area contributed by atoms with E-state index in [-0.39, 0.29) is 28.1 Å². The van der Waals surface area contributed by atoms with Crippen LogP contribution in [0, 0.1) is 11.6 Å². The normalized spacial score (nSPS) is 17.6. The Balaban J connectivity index is 1.89. The maximum absolute atomic E-state index is 14.1. The van der Waals surface area contributed by atoms with Crippen LogP contribution in [-0.4, -0.2) is 35.4 Å². The van der Waals surface area contributed by atoms with E-state index in [9.17, 15) is 13.6 Å². The van der Waals surface area contributed by atoms with Crippen LogP contribution in [0.3, 0.4) is 0 Å². The largest absolute Gasteiger partial charge is 0.488 e. The van der Waals surface area contributed by atoms with E-state index < -0.39 is 17.6 Å². The molecule has 0 radical (unpaired) electrons. The van der Waals surface area contributed by atoms with Crippen molar-refractivity contribution < 1.29 is 28.2 Å². The van der Waals surface area contributed by atoms with Crippen molar-refractivity contribution in [2.24, 2.45) is 0 Å². The third kappa shape index (κ3) is 2.93. The number of aromatic carboxylic acids is 1. The van der Waals surface area contributed by atoms with Crippen molar-refractivity contribution in [1.82, 2.24) is 4.98 Å². The third-order valence-electron chi connectivity index (χ3n) is 3.14. The van der Waals surface area contributed by atoms with Gasteiger partial charge in [0.1, 0.15) is 28.5 Å². The lowest BCUT2D eigenvalue weighted by atomic mass is 10.2. The highest BCUT2D eigenvalue weighted by Crippen LogP contribution is 2.32. The molecular weight excluding hydrogens is 316 g/mol. The van der Waals surface area contributed by atoms with Crippen molar-refractivity contribution in [2.75, 3.05) is 13.2 Å². The van der Waals surface area contributed by atoms with E-state index in [1.807, 2.05) is 0 Å². The number of rotatable bonds is 4. The number of hydrogen-bond acceptors (Lipinski definition) is 5. The number of ether oxygens (including phenoxy) is 2. The standard InChI is InChI=1S/C14H11F2NO4S/c15-9-3-8(21-7-1-2-20-5-7)4-10(16)12(9)13-17-11(6-22-13)14(18)19/h3-4,6-7H,1-2,5H2,(H,18,19). The molecule has 0 spiro atoms. The second kappa shape index (κ2) is 5.98. The zero-order chi connectivity index (χ0) is 15.7. The first-order valence-corrected chi connectivity index (χ1v) is 7.35. The molecule has 1 N–H and O–H groups in total. The number of benzene rings is 1. The number of carboxylic acids is 1. The molecule has 1 aliphatic rings. The van der Waals surface area contributed by atoms with Gasteiger partial charge >= 0.3 is 5.97 Å². The van der Waals surface area contributed by atoms with Crippen LogP contribution in [0.2, 0.25) is 0 Å². The van der Waals surface area contributed by atoms with Crippen molar-refractivity contribution in [3.63, 3.8) is 0 Å². The fourth-order valence-corrected chi connectivity index (χ4v) is 2.95. The summed E-state index contributed by atoms with van der Waals surface area (Å²) in [6.07, 6.45) is 0.447. The first-order valence-electron chi connectivity index (χ1n) is 6.47. The van der Waals surface area contributed by atoms with Gasteiger partial charge in [-0.2, -0.15) is 0 Å². The number of halogens is 2. The monoisotopic (exact) mass is 327 g/mol. The number of carbonyl (C=O) groups is 1. The zero-order valence-corrected chi connectivity index (χ0v) is 12.0. The van der Waals surface area contributed by atoms with Crippen LogP contribution in [0.4, 0.5) is 8.78 Å². The molecule has 8 heteroatoms. The Kier molecular flexibility index (Phi) is 4.04. The molecule has 1 aliphatic heterocycles. The summed E-state index contributed by atoms with van der Waals surface area (Å²) < 4.78 is 38.9. The van der Waals surface area contributed by atoms with E-state index >= 15 is 0 Å². The number of hydrogen-bond donors (Lipinski definition) is 1. The summed E-state index contributed by atoms with van der Waals surface area (Å²) in [4.78, 5) is 14.5. The van der Waals surface area contributed by atoms with E-state index in [0.717, 1.165) is 23.5 Å². The van der Waals surface area contributed by atoms with Crippen LogP contribution in [0.1, 0.15) is 16.9 Å². The molecule has 0 aliphatic carbocycles. The lowest BCUT2D eigenvalue weighted by Crippen LogP contribution is -2.16. The molecule has 2 heterocycles. The Hall–Kier alpha value is -2.06. The Bertz CT molecular complexity index is 690. The first kappa shape index (κ1) is 14.9. The number of carboxylic acid groups (broad SMARTS) is 1. The number of aromatic nitrogens is 1. The molecule has 1 aromatic heterocycles. The van der Waals surface area contributed by atoms with Crippen molar-refractivity contribution in [1.29, 1.82) is 0 Å². The topological polar surface area (TPSA) is 68.7 Å². The Morgan fingerprint density at radius 1 is 1.41 bits per heavy atom. The summed E-state index contributed by atoms with van der Waals surface area (Å²) >= 11 is 0.865. The van der Waals surface area contributed by atoms with E-state index in [4.69, 9.17) is 14.6 Å². The molecule has 0 bridgehead atoms. The molecule has 1 fully saturated rings. The van der Waals surface area contributed by atoms with Gasteiger partial charge in [-0.05, 0) is 0 Å². The summed E-state index contributed by atoms with van der Waals surface area (Å²) in [6, 6.07) is 2.14. The van der Waals surface area contributed by atoms with Crippen LogP contribution in [0.5, 0.6) is 5.75 Å². The molecule has 1 saturated heterocycles. The van der Waals surface area contributed by atoms with Gasteiger partial charge in [0, 0.05) is 23.9 Å². The Morgan fingerprint density at radius 2 is 2.14 bits per heavy atom. The highest BCUT2D eigenvalue weighted by molar-refractivity contribution is 7.13. The second-order valence-electron chi connectivity index (χ2n) is 4.71. The zero-order valence-electron chi connectivity index (χ0n) is 11.2. The van der Waals surface area contributed by atoms with Crippen molar-refractivity contribution in [3.8, 4) is 16.3 Å². The van der Waals surface area contributed by atoms with Gasteiger partial charge in [-0.15, -0.1) is 11.3 Å². The summed E-state index contributed by atoms with van der Waals surface area (Å²) in [5, 5.41) is 10.0. The molecule has 5 nitrogen and oxygen atoms in total. The molecule has 3 rings (SSSR count). The second-order valence-corrected chi connectivity index (χ2v) is 5.57. The van der Waals surface area contributed by atoms with Crippen LogP contribution in [-0.2, 0) is 4.74 Å². The van der Waals surface area contributed by atoms with Crippen LogP contribution in [0.25, 0.3) is 10.6 Å². The molecule has 0 saturated carbocycles. The predicted octanol–water partition coefficient (Wildman–Crippen LogP) is 2.95. The number of thiazole rings is 1. The third-order valence-corrected chi connectivity index (χ3v) is 4.00. The minimum atomic E-state index is -1.25. The van der Waals surface area contributed by atoms with Gasteiger partial charge in [0.25, 0.3) is 0 Å². The minimum absolute atomic E-state index is 0.0249. The Morgan fingerprint density at radius 3 is 2.68 bits per heavy atom. The predicted molar refractivity (Wildman–Crippen MR) is 74.3 cm³/mol.